The van der Waals surface area contributed by atoms with Crippen LogP contribution in [0.4, 0.5) is 4.39 Å². The van der Waals surface area contributed by atoms with E-state index in [-0.39, 0.29) is 5.82 Å². The Balaban J connectivity index is 2.34. The first kappa shape index (κ1) is 11.2. The van der Waals surface area contributed by atoms with Gasteiger partial charge in [-0.15, -0.1) is 0 Å². The van der Waals surface area contributed by atoms with E-state index in [1.54, 1.807) is 19.1 Å². The Hall–Kier alpha value is -1.94. The largest absolute Gasteiger partial charge is 0.330 e. The van der Waals surface area contributed by atoms with Gasteiger partial charge >= 0.3 is 0 Å². The number of para-hydroxylation sites is 2. The first-order valence-electron chi connectivity index (χ1n) is 5.63. The summed E-state index contributed by atoms with van der Waals surface area (Å²) in [6.07, 6.45) is 0. The van der Waals surface area contributed by atoms with Gasteiger partial charge in [-0.25, -0.2) is 4.39 Å². The minimum Gasteiger partial charge on any atom is -0.330 e. The third kappa shape index (κ3) is 1.66. The lowest BCUT2D eigenvalue weighted by molar-refractivity contribution is 0.618. The number of rotatable bonds is 1. The standard InChI is InChI=1S/C14H11FN2S/c1-9-8-10(6-7-11(9)15)17-13-5-3-2-4-12(13)16-14(17)18/h2-8H,1H3,(H,16,18). The van der Waals surface area contributed by atoms with Crippen LogP contribution in [0.2, 0.25) is 0 Å². The second-order valence-electron chi connectivity index (χ2n) is 4.22. The van der Waals surface area contributed by atoms with Crippen LogP contribution in [0.25, 0.3) is 16.7 Å². The van der Waals surface area contributed by atoms with Crippen molar-refractivity contribution >= 4 is 23.3 Å². The minimum atomic E-state index is -0.204. The van der Waals surface area contributed by atoms with Crippen molar-refractivity contribution in [3.63, 3.8) is 0 Å². The molecule has 0 unspecified atom stereocenters. The van der Waals surface area contributed by atoms with E-state index in [0.717, 1.165) is 16.7 Å². The maximum Gasteiger partial charge on any atom is 0.182 e. The Morgan fingerprint density at radius 3 is 2.72 bits per heavy atom. The highest BCUT2D eigenvalue weighted by molar-refractivity contribution is 7.71. The van der Waals surface area contributed by atoms with Crippen LogP contribution >= 0.6 is 12.2 Å². The zero-order chi connectivity index (χ0) is 12.7. The van der Waals surface area contributed by atoms with Gasteiger partial charge in [0.15, 0.2) is 4.77 Å². The molecule has 0 atom stereocenters. The number of hydrogen-bond donors (Lipinski definition) is 1. The summed E-state index contributed by atoms with van der Waals surface area (Å²) in [6.45, 7) is 1.75. The summed E-state index contributed by atoms with van der Waals surface area (Å²) in [4.78, 5) is 3.14. The number of benzene rings is 2. The second-order valence-corrected chi connectivity index (χ2v) is 4.60. The smallest absolute Gasteiger partial charge is 0.182 e. The van der Waals surface area contributed by atoms with E-state index in [1.807, 2.05) is 28.8 Å². The Bertz CT molecular complexity index is 786. The predicted molar refractivity (Wildman–Crippen MR) is 73.2 cm³/mol. The molecule has 0 aliphatic carbocycles. The quantitative estimate of drug-likeness (QED) is 0.651. The third-order valence-corrected chi connectivity index (χ3v) is 3.27. The number of aryl methyl sites for hydroxylation is 1. The van der Waals surface area contributed by atoms with Crippen molar-refractivity contribution in [1.82, 2.24) is 9.55 Å². The number of aromatic amines is 1. The maximum absolute atomic E-state index is 13.3. The number of H-pyrrole nitrogens is 1. The highest BCUT2D eigenvalue weighted by atomic mass is 32.1. The summed E-state index contributed by atoms with van der Waals surface area (Å²) in [6, 6.07) is 12.9. The van der Waals surface area contributed by atoms with Gasteiger partial charge in [-0.2, -0.15) is 0 Å². The summed E-state index contributed by atoms with van der Waals surface area (Å²) in [5, 5.41) is 0. The summed E-state index contributed by atoms with van der Waals surface area (Å²) >= 11 is 5.32. The first-order chi connectivity index (χ1) is 8.66. The molecule has 0 fully saturated rings. The summed E-state index contributed by atoms with van der Waals surface area (Å²) < 4.78 is 15.8. The highest BCUT2D eigenvalue weighted by Gasteiger charge is 2.07. The molecular weight excluding hydrogens is 247 g/mol. The van der Waals surface area contributed by atoms with E-state index in [2.05, 4.69) is 4.98 Å². The number of imidazole rings is 1. The van der Waals surface area contributed by atoms with Gasteiger partial charge in [-0.05, 0) is 55.0 Å². The monoisotopic (exact) mass is 258 g/mol. The molecule has 90 valence electrons. The van der Waals surface area contributed by atoms with E-state index >= 15 is 0 Å². The van der Waals surface area contributed by atoms with Crippen molar-refractivity contribution in [3.8, 4) is 5.69 Å². The van der Waals surface area contributed by atoms with Crippen LogP contribution in [0, 0.1) is 17.5 Å². The van der Waals surface area contributed by atoms with E-state index in [0.29, 0.717) is 10.3 Å². The number of nitrogens with one attached hydrogen (secondary N) is 1. The SMILES string of the molecule is Cc1cc(-n2c(=S)[nH]c3ccccc32)ccc1F. The third-order valence-electron chi connectivity index (χ3n) is 2.99. The highest BCUT2D eigenvalue weighted by Crippen LogP contribution is 2.20. The number of halogens is 1. The molecule has 3 rings (SSSR count). The molecule has 0 amide bonds. The van der Waals surface area contributed by atoms with Crippen molar-refractivity contribution in [2.24, 2.45) is 0 Å². The average molecular weight is 258 g/mol. The van der Waals surface area contributed by atoms with Crippen LogP contribution in [0.3, 0.4) is 0 Å². The molecule has 0 bridgehead atoms. The zero-order valence-electron chi connectivity index (χ0n) is 9.77. The summed E-state index contributed by atoms with van der Waals surface area (Å²) in [5.41, 5.74) is 3.45. The van der Waals surface area contributed by atoms with Crippen LogP contribution in [0.1, 0.15) is 5.56 Å². The molecule has 1 heterocycles. The molecule has 0 spiro atoms. The van der Waals surface area contributed by atoms with Gasteiger partial charge < -0.3 is 4.98 Å². The lowest BCUT2D eigenvalue weighted by Crippen LogP contribution is -1.95. The molecule has 0 radical (unpaired) electrons. The topological polar surface area (TPSA) is 20.7 Å². The number of nitrogens with zero attached hydrogens (tertiary/aromatic N) is 1. The van der Waals surface area contributed by atoms with E-state index in [9.17, 15) is 4.39 Å². The van der Waals surface area contributed by atoms with Crippen molar-refractivity contribution in [2.45, 2.75) is 6.92 Å². The van der Waals surface area contributed by atoms with Crippen LogP contribution in [-0.4, -0.2) is 9.55 Å². The Labute approximate surface area is 109 Å². The molecule has 1 N–H and O–H groups in total. The normalized spacial score (nSPS) is 11.0. The van der Waals surface area contributed by atoms with Crippen LogP contribution < -0.4 is 0 Å². The van der Waals surface area contributed by atoms with Gasteiger partial charge in [0.05, 0.1) is 11.0 Å². The fourth-order valence-electron chi connectivity index (χ4n) is 2.08. The van der Waals surface area contributed by atoms with Crippen molar-refractivity contribution in [2.75, 3.05) is 0 Å². The fourth-order valence-corrected chi connectivity index (χ4v) is 2.39. The van der Waals surface area contributed by atoms with E-state index < -0.39 is 0 Å². The predicted octanol–water partition coefficient (Wildman–Crippen LogP) is 4.14. The van der Waals surface area contributed by atoms with Crippen LogP contribution in [0.15, 0.2) is 42.5 Å². The van der Waals surface area contributed by atoms with Crippen LogP contribution in [-0.2, 0) is 0 Å². The van der Waals surface area contributed by atoms with Gasteiger partial charge in [0.2, 0.25) is 0 Å². The lowest BCUT2D eigenvalue weighted by atomic mass is 10.2. The van der Waals surface area contributed by atoms with Crippen molar-refractivity contribution < 1.29 is 4.39 Å². The molecule has 18 heavy (non-hydrogen) atoms. The van der Waals surface area contributed by atoms with E-state index in [1.165, 1.54) is 6.07 Å². The van der Waals surface area contributed by atoms with Gasteiger partial charge in [-0.1, -0.05) is 12.1 Å². The molecular formula is C14H11FN2S. The number of aromatic nitrogens is 2. The number of hydrogen-bond acceptors (Lipinski definition) is 1. The Morgan fingerprint density at radius 2 is 1.94 bits per heavy atom. The zero-order valence-corrected chi connectivity index (χ0v) is 10.6. The average Bonchev–Trinajstić information content (AvgIpc) is 2.69. The molecule has 2 nitrogen and oxygen atoms in total. The molecule has 3 aromatic rings. The molecule has 0 saturated carbocycles. The summed E-state index contributed by atoms with van der Waals surface area (Å²) in [5.74, 6) is -0.204. The molecule has 0 saturated heterocycles. The first-order valence-corrected chi connectivity index (χ1v) is 6.04. The van der Waals surface area contributed by atoms with E-state index in [4.69, 9.17) is 12.2 Å². The van der Waals surface area contributed by atoms with Gasteiger partial charge in [-0.3, -0.25) is 4.57 Å². The molecule has 1 aromatic heterocycles. The van der Waals surface area contributed by atoms with Crippen molar-refractivity contribution in [3.05, 3.63) is 58.6 Å². The number of fused-ring (bicyclic) bond motifs is 1. The minimum absolute atomic E-state index is 0.204. The van der Waals surface area contributed by atoms with Crippen LogP contribution in [0.5, 0.6) is 0 Å². The lowest BCUT2D eigenvalue weighted by Gasteiger charge is -2.06. The molecule has 0 aliphatic rings. The Kier molecular flexibility index (Phi) is 2.52. The van der Waals surface area contributed by atoms with Gasteiger partial charge in [0, 0.05) is 5.69 Å². The van der Waals surface area contributed by atoms with Gasteiger partial charge in [0.25, 0.3) is 0 Å². The maximum atomic E-state index is 13.3. The molecule has 2 aromatic carbocycles. The van der Waals surface area contributed by atoms with Crippen molar-refractivity contribution in [1.29, 1.82) is 0 Å². The molecule has 0 aliphatic heterocycles. The second kappa shape index (κ2) is 4.07. The van der Waals surface area contributed by atoms with Gasteiger partial charge in [0.1, 0.15) is 5.82 Å². The Morgan fingerprint density at radius 1 is 1.17 bits per heavy atom. The fraction of sp³-hybridized carbons (Fsp3) is 0.0714. The summed E-state index contributed by atoms with van der Waals surface area (Å²) in [7, 11) is 0. The molecule has 4 heteroatoms.